The van der Waals surface area contributed by atoms with Crippen molar-refractivity contribution in [1.29, 1.82) is 0 Å². The first-order chi connectivity index (χ1) is 9.72. The average molecular weight is 338 g/mol. The van der Waals surface area contributed by atoms with Crippen LogP contribution in [0.25, 0.3) is 0 Å². The van der Waals surface area contributed by atoms with Gasteiger partial charge in [-0.05, 0) is 27.7 Å². The molecule has 1 atom stereocenters. The molecule has 0 amide bonds. The zero-order valence-electron chi connectivity index (χ0n) is 14.1. The van der Waals surface area contributed by atoms with Crippen LogP contribution in [0.5, 0.6) is 0 Å². The van der Waals surface area contributed by atoms with Gasteiger partial charge in [-0.25, -0.2) is 0 Å². The van der Waals surface area contributed by atoms with Crippen LogP contribution in [0.4, 0.5) is 0 Å². The van der Waals surface area contributed by atoms with Crippen molar-refractivity contribution in [3.8, 4) is 0 Å². The fourth-order valence-corrected chi connectivity index (χ4v) is 2.99. The lowest BCUT2D eigenvalue weighted by Crippen LogP contribution is -2.31. The molecule has 0 aromatic carbocycles. The third-order valence-corrected chi connectivity index (χ3v) is 5.62. The standard InChI is InChI=1S/C14H31N2O3PS/c1-11(2)16(12(3)4)20-19-8-7-18-10-21-13(17)14(5,6)9-15/h11-12,20H,7-10,15H2,1-6H3. The number of rotatable bonds is 11. The minimum Gasteiger partial charge on any atom is -0.368 e. The predicted octanol–water partition coefficient (Wildman–Crippen LogP) is 2.85. The van der Waals surface area contributed by atoms with Crippen LogP contribution in [0.15, 0.2) is 0 Å². The lowest BCUT2D eigenvalue weighted by molar-refractivity contribution is -0.117. The Bertz CT molecular complexity index is 294. The molecule has 2 N–H and O–H groups in total. The molecular weight excluding hydrogens is 307 g/mol. The average Bonchev–Trinajstić information content (AvgIpc) is 2.40. The molecule has 21 heavy (non-hydrogen) atoms. The van der Waals surface area contributed by atoms with Crippen molar-refractivity contribution in [3.63, 3.8) is 0 Å². The molecule has 0 aliphatic carbocycles. The van der Waals surface area contributed by atoms with Gasteiger partial charge >= 0.3 is 0 Å². The first kappa shape index (κ1) is 21.3. The van der Waals surface area contributed by atoms with Gasteiger partial charge in [0.05, 0.1) is 28.1 Å². The Morgan fingerprint density at radius 3 is 2.29 bits per heavy atom. The summed E-state index contributed by atoms with van der Waals surface area (Å²) in [5, 5.41) is 0.0681. The molecule has 0 saturated carbocycles. The van der Waals surface area contributed by atoms with Gasteiger partial charge < -0.3 is 15.0 Å². The zero-order valence-corrected chi connectivity index (χ0v) is 16.0. The molecule has 0 saturated heterocycles. The second kappa shape index (κ2) is 10.9. The van der Waals surface area contributed by atoms with Crippen LogP contribution in [0.1, 0.15) is 41.5 Å². The molecule has 0 aromatic heterocycles. The molecule has 0 radical (unpaired) electrons. The first-order valence-electron chi connectivity index (χ1n) is 7.33. The molecule has 0 rings (SSSR count). The van der Waals surface area contributed by atoms with Crippen LogP contribution < -0.4 is 5.73 Å². The lowest BCUT2D eigenvalue weighted by Gasteiger charge is -2.29. The zero-order chi connectivity index (χ0) is 16.5. The maximum absolute atomic E-state index is 11.8. The Hall–Kier alpha value is 0.290. The number of hydrogen-bond acceptors (Lipinski definition) is 6. The van der Waals surface area contributed by atoms with Gasteiger partial charge in [-0.1, -0.05) is 25.6 Å². The maximum Gasteiger partial charge on any atom is 0.198 e. The molecule has 0 aliphatic heterocycles. The second-order valence-corrected chi connectivity index (χ2v) is 7.96. The largest absolute Gasteiger partial charge is 0.368 e. The molecule has 0 fully saturated rings. The van der Waals surface area contributed by atoms with Gasteiger partial charge in [0, 0.05) is 24.0 Å². The summed E-state index contributed by atoms with van der Waals surface area (Å²) in [5.41, 5.74) is 5.07. The van der Waals surface area contributed by atoms with Gasteiger partial charge in [0.2, 0.25) is 0 Å². The Kier molecular flexibility index (Phi) is 11.1. The number of carbonyl (C=O) groups is 1. The van der Waals surface area contributed by atoms with Crippen molar-refractivity contribution in [3.05, 3.63) is 0 Å². The van der Waals surface area contributed by atoms with Crippen molar-refractivity contribution in [2.75, 3.05) is 25.7 Å². The number of hydrogen-bond donors (Lipinski definition) is 1. The van der Waals surface area contributed by atoms with Crippen molar-refractivity contribution in [1.82, 2.24) is 4.67 Å². The third kappa shape index (κ3) is 9.11. The SMILES string of the molecule is CC(C)N(POCCOCSC(=O)C(C)(C)CN)C(C)C. The van der Waals surface area contributed by atoms with Crippen LogP contribution in [-0.2, 0) is 14.1 Å². The van der Waals surface area contributed by atoms with E-state index in [4.69, 9.17) is 15.0 Å². The minimum atomic E-state index is -0.485. The Labute approximate surface area is 135 Å². The smallest absolute Gasteiger partial charge is 0.198 e. The van der Waals surface area contributed by atoms with E-state index < -0.39 is 5.41 Å². The Morgan fingerprint density at radius 1 is 1.24 bits per heavy atom. The highest BCUT2D eigenvalue weighted by Gasteiger charge is 2.25. The number of nitrogens with zero attached hydrogens (tertiary/aromatic N) is 1. The number of thioether (sulfide) groups is 1. The monoisotopic (exact) mass is 338 g/mol. The van der Waals surface area contributed by atoms with E-state index in [0.29, 0.717) is 46.7 Å². The van der Waals surface area contributed by atoms with Crippen molar-refractivity contribution in [2.45, 2.75) is 53.6 Å². The van der Waals surface area contributed by atoms with Gasteiger partial charge in [0.25, 0.3) is 0 Å². The van der Waals surface area contributed by atoms with Crippen molar-refractivity contribution < 1.29 is 14.1 Å². The summed E-state index contributed by atoms with van der Waals surface area (Å²) in [6.07, 6.45) is 0. The fraction of sp³-hybridized carbons (Fsp3) is 0.929. The van der Waals surface area contributed by atoms with E-state index in [9.17, 15) is 4.79 Å². The predicted molar refractivity (Wildman–Crippen MR) is 92.6 cm³/mol. The summed E-state index contributed by atoms with van der Waals surface area (Å²) >= 11 is 1.18. The summed E-state index contributed by atoms with van der Waals surface area (Å²) in [6.45, 7) is 13.7. The van der Waals surface area contributed by atoms with E-state index in [0.717, 1.165) is 0 Å². The molecule has 0 heterocycles. The molecule has 5 nitrogen and oxygen atoms in total. The van der Waals surface area contributed by atoms with Crippen LogP contribution in [0, 0.1) is 5.41 Å². The molecule has 1 unspecified atom stereocenters. The van der Waals surface area contributed by atoms with E-state index in [1.807, 2.05) is 13.8 Å². The summed E-state index contributed by atoms with van der Waals surface area (Å²) in [6, 6.07) is 0.937. The molecule has 0 bridgehead atoms. The van der Waals surface area contributed by atoms with E-state index >= 15 is 0 Å². The van der Waals surface area contributed by atoms with Gasteiger partial charge in [0.15, 0.2) is 5.12 Å². The fourth-order valence-electron chi connectivity index (χ4n) is 1.46. The van der Waals surface area contributed by atoms with Gasteiger partial charge in [-0.3, -0.25) is 9.46 Å². The summed E-state index contributed by atoms with van der Waals surface area (Å²) in [7, 11) is 0.345. The molecule has 0 aliphatic rings. The van der Waals surface area contributed by atoms with Crippen LogP contribution in [0.3, 0.4) is 0 Å². The number of ether oxygens (including phenoxy) is 1. The Morgan fingerprint density at radius 2 is 1.81 bits per heavy atom. The molecule has 0 aromatic rings. The molecular formula is C14H31N2O3PS. The van der Waals surface area contributed by atoms with Gasteiger partial charge in [0.1, 0.15) is 0 Å². The van der Waals surface area contributed by atoms with Crippen LogP contribution in [-0.4, -0.2) is 47.6 Å². The van der Waals surface area contributed by atoms with Crippen LogP contribution >= 0.6 is 20.7 Å². The second-order valence-electron chi connectivity index (χ2n) is 6.08. The van der Waals surface area contributed by atoms with E-state index in [1.165, 1.54) is 11.8 Å². The van der Waals surface area contributed by atoms with Gasteiger partial charge in [-0.2, -0.15) is 0 Å². The molecule has 0 spiro atoms. The summed E-state index contributed by atoms with van der Waals surface area (Å²) in [5.74, 6) is 0.354. The van der Waals surface area contributed by atoms with Crippen LogP contribution in [0.2, 0.25) is 0 Å². The molecule has 7 heteroatoms. The minimum absolute atomic E-state index is 0.0681. The summed E-state index contributed by atoms with van der Waals surface area (Å²) < 4.78 is 13.3. The van der Waals surface area contributed by atoms with E-state index in [1.54, 1.807) is 0 Å². The topological polar surface area (TPSA) is 64.8 Å². The highest BCUT2D eigenvalue weighted by Crippen LogP contribution is 2.25. The summed E-state index contributed by atoms with van der Waals surface area (Å²) in [4.78, 5) is 11.8. The van der Waals surface area contributed by atoms with Crippen molar-refractivity contribution >= 4 is 25.8 Å². The highest BCUT2D eigenvalue weighted by atomic mass is 32.2. The number of nitrogens with two attached hydrogens (primary N) is 1. The van der Waals surface area contributed by atoms with Gasteiger partial charge in [-0.15, -0.1) is 0 Å². The van der Waals surface area contributed by atoms with E-state index in [2.05, 4.69) is 32.4 Å². The molecule has 126 valence electrons. The van der Waals surface area contributed by atoms with E-state index in [-0.39, 0.29) is 5.12 Å². The highest BCUT2D eigenvalue weighted by molar-refractivity contribution is 8.13. The lowest BCUT2D eigenvalue weighted by atomic mass is 9.96. The van der Waals surface area contributed by atoms with Crippen molar-refractivity contribution in [2.24, 2.45) is 11.1 Å². The maximum atomic E-state index is 11.8. The third-order valence-electron chi connectivity index (χ3n) is 2.95. The quantitative estimate of drug-likeness (QED) is 0.355. The first-order valence-corrected chi connectivity index (χ1v) is 9.17. The normalized spacial score (nSPS) is 13.2. The Balaban J connectivity index is 3.68. The number of carbonyl (C=O) groups excluding carboxylic acids is 1.